The number of nitrogens with zero attached hydrogens (tertiary/aromatic N) is 2. The van der Waals surface area contributed by atoms with Crippen molar-refractivity contribution in [3.05, 3.63) is 80.7 Å². The molecule has 0 aliphatic carbocycles. The maximum absolute atomic E-state index is 13.1. The van der Waals surface area contributed by atoms with E-state index >= 15 is 0 Å². The monoisotopic (exact) mass is 507 g/mol. The zero-order valence-corrected chi connectivity index (χ0v) is 20.8. The number of nitrogens with two attached hydrogens (primary N) is 1. The van der Waals surface area contributed by atoms with Gasteiger partial charge in [0, 0.05) is 22.8 Å². The van der Waals surface area contributed by atoms with Crippen LogP contribution in [0.15, 0.2) is 65.4 Å². The molecule has 2 aromatic heterocycles. The van der Waals surface area contributed by atoms with Crippen molar-refractivity contribution >= 4 is 47.1 Å². The number of amides is 2. The SMILES string of the molecule is Cl.N[C@@H](CCCCN(Cc1ccccc1)C(=O)O)C(=O)N(Cc1cccs1)Cc1cccs1. The molecular formula is C24H30ClN3O3S2. The second kappa shape index (κ2) is 14.0. The van der Waals surface area contributed by atoms with Gasteiger partial charge in [-0.2, -0.15) is 0 Å². The lowest BCUT2D eigenvalue weighted by atomic mass is 10.1. The van der Waals surface area contributed by atoms with Crippen LogP contribution in [0.1, 0.15) is 34.6 Å². The molecule has 6 nitrogen and oxygen atoms in total. The first kappa shape index (κ1) is 26.9. The van der Waals surface area contributed by atoms with E-state index in [4.69, 9.17) is 5.73 Å². The van der Waals surface area contributed by atoms with Gasteiger partial charge >= 0.3 is 6.09 Å². The molecule has 9 heteroatoms. The van der Waals surface area contributed by atoms with Crippen LogP contribution in [-0.2, 0) is 24.4 Å². The Kier molecular flexibility index (Phi) is 11.4. The molecule has 0 unspecified atom stereocenters. The van der Waals surface area contributed by atoms with Crippen molar-refractivity contribution in [2.24, 2.45) is 5.73 Å². The highest BCUT2D eigenvalue weighted by Gasteiger charge is 2.22. The van der Waals surface area contributed by atoms with Gasteiger partial charge in [0.1, 0.15) is 0 Å². The van der Waals surface area contributed by atoms with E-state index in [2.05, 4.69) is 0 Å². The predicted octanol–water partition coefficient (Wildman–Crippen LogP) is 5.44. The Bertz CT molecular complexity index is 917. The third-order valence-corrected chi connectivity index (χ3v) is 6.88. The number of carbonyl (C=O) groups excluding carboxylic acids is 1. The number of thiophene rings is 2. The first-order valence-corrected chi connectivity index (χ1v) is 12.4. The van der Waals surface area contributed by atoms with Crippen LogP contribution in [0.3, 0.4) is 0 Å². The van der Waals surface area contributed by atoms with E-state index in [1.165, 1.54) is 4.90 Å². The fraction of sp³-hybridized carbons (Fsp3) is 0.333. The molecule has 178 valence electrons. The molecular weight excluding hydrogens is 478 g/mol. The Morgan fingerprint density at radius 2 is 1.45 bits per heavy atom. The van der Waals surface area contributed by atoms with E-state index in [9.17, 15) is 14.7 Å². The summed E-state index contributed by atoms with van der Waals surface area (Å²) in [6, 6.07) is 17.0. The van der Waals surface area contributed by atoms with E-state index in [1.54, 1.807) is 22.7 Å². The van der Waals surface area contributed by atoms with Crippen molar-refractivity contribution in [2.45, 2.75) is 44.9 Å². The average Bonchev–Trinajstić information content (AvgIpc) is 3.49. The Morgan fingerprint density at radius 3 is 1.97 bits per heavy atom. The maximum Gasteiger partial charge on any atom is 0.407 e. The van der Waals surface area contributed by atoms with Crippen LogP contribution < -0.4 is 5.73 Å². The standard InChI is InChI=1S/C24H29N3O3S2.ClH/c25-22(12-4-5-13-26(24(29)30)16-19-8-2-1-3-9-19)23(28)27(17-20-10-6-14-31-20)18-21-11-7-15-32-21;/h1-3,6-11,14-15,22H,4-5,12-13,16-18,25H2,(H,29,30);1H/t22-;/m0./s1. The van der Waals surface area contributed by atoms with Gasteiger partial charge in [-0.1, -0.05) is 42.5 Å². The fourth-order valence-corrected chi connectivity index (χ4v) is 4.90. The van der Waals surface area contributed by atoms with Gasteiger partial charge in [-0.15, -0.1) is 35.1 Å². The third-order valence-electron chi connectivity index (χ3n) is 5.16. The molecule has 0 aliphatic rings. The number of carboxylic acid groups (broad SMARTS) is 1. The number of halogens is 1. The van der Waals surface area contributed by atoms with Crippen molar-refractivity contribution in [2.75, 3.05) is 6.54 Å². The van der Waals surface area contributed by atoms with Crippen molar-refractivity contribution in [3.8, 4) is 0 Å². The summed E-state index contributed by atoms with van der Waals surface area (Å²) in [6.45, 7) is 1.87. The minimum absolute atomic E-state index is 0. The van der Waals surface area contributed by atoms with Gasteiger partial charge in [0.25, 0.3) is 0 Å². The summed E-state index contributed by atoms with van der Waals surface area (Å²) in [5.41, 5.74) is 7.22. The Balaban J connectivity index is 0.00000385. The number of carbonyl (C=O) groups is 2. The first-order chi connectivity index (χ1) is 15.5. The highest BCUT2D eigenvalue weighted by Crippen LogP contribution is 2.19. The van der Waals surface area contributed by atoms with Crippen molar-refractivity contribution in [3.63, 3.8) is 0 Å². The molecule has 3 aromatic rings. The molecule has 0 saturated heterocycles. The lowest BCUT2D eigenvalue weighted by Crippen LogP contribution is -2.43. The van der Waals surface area contributed by atoms with E-state index in [0.717, 1.165) is 15.3 Å². The van der Waals surface area contributed by atoms with Gasteiger partial charge in [0.15, 0.2) is 0 Å². The minimum atomic E-state index is -0.938. The van der Waals surface area contributed by atoms with Gasteiger partial charge < -0.3 is 20.6 Å². The van der Waals surface area contributed by atoms with Crippen LogP contribution in [-0.4, -0.2) is 39.5 Å². The summed E-state index contributed by atoms with van der Waals surface area (Å²) in [7, 11) is 0. The van der Waals surface area contributed by atoms with E-state index in [1.807, 2.05) is 70.3 Å². The Hall–Kier alpha value is -2.39. The van der Waals surface area contributed by atoms with E-state index < -0.39 is 12.1 Å². The lowest BCUT2D eigenvalue weighted by molar-refractivity contribution is -0.134. The van der Waals surface area contributed by atoms with Crippen molar-refractivity contribution in [1.29, 1.82) is 0 Å². The summed E-state index contributed by atoms with van der Waals surface area (Å²) in [5.74, 6) is -0.0637. The second-order valence-electron chi connectivity index (χ2n) is 7.65. The van der Waals surface area contributed by atoms with Crippen LogP contribution >= 0.6 is 35.1 Å². The largest absolute Gasteiger partial charge is 0.465 e. The summed E-state index contributed by atoms with van der Waals surface area (Å²) in [5, 5.41) is 13.5. The molecule has 3 N–H and O–H groups in total. The summed E-state index contributed by atoms with van der Waals surface area (Å²) < 4.78 is 0. The molecule has 0 saturated carbocycles. The fourth-order valence-electron chi connectivity index (χ4n) is 3.46. The molecule has 0 bridgehead atoms. The second-order valence-corrected chi connectivity index (χ2v) is 9.71. The number of benzene rings is 1. The molecule has 0 fully saturated rings. The lowest BCUT2D eigenvalue weighted by Gasteiger charge is -2.25. The van der Waals surface area contributed by atoms with Gasteiger partial charge in [-0.05, 0) is 47.7 Å². The molecule has 1 aromatic carbocycles. The van der Waals surface area contributed by atoms with Gasteiger partial charge in [0.2, 0.25) is 5.91 Å². The zero-order valence-electron chi connectivity index (χ0n) is 18.3. The summed E-state index contributed by atoms with van der Waals surface area (Å²) >= 11 is 3.26. The summed E-state index contributed by atoms with van der Waals surface area (Å²) in [4.78, 5) is 30.1. The number of unbranched alkanes of at least 4 members (excludes halogenated alkanes) is 1. The average molecular weight is 508 g/mol. The van der Waals surface area contributed by atoms with Gasteiger partial charge in [-0.25, -0.2) is 4.79 Å². The highest BCUT2D eigenvalue weighted by molar-refractivity contribution is 7.10. The minimum Gasteiger partial charge on any atom is -0.465 e. The van der Waals surface area contributed by atoms with Gasteiger partial charge in [-0.3, -0.25) is 4.79 Å². The molecule has 2 heterocycles. The van der Waals surface area contributed by atoms with Crippen LogP contribution in [0.5, 0.6) is 0 Å². The molecule has 33 heavy (non-hydrogen) atoms. The normalized spacial score (nSPS) is 11.4. The van der Waals surface area contributed by atoms with Crippen LogP contribution in [0.2, 0.25) is 0 Å². The topological polar surface area (TPSA) is 86.9 Å². The number of rotatable bonds is 12. The predicted molar refractivity (Wildman–Crippen MR) is 137 cm³/mol. The number of hydrogen-bond acceptors (Lipinski definition) is 5. The molecule has 0 aliphatic heterocycles. The van der Waals surface area contributed by atoms with Crippen LogP contribution in [0, 0.1) is 0 Å². The van der Waals surface area contributed by atoms with E-state index in [0.29, 0.717) is 45.4 Å². The smallest absolute Gasteiger partial charge is 0.407 e. The molecule has 3 rings (SSSR count). The van der Waals surface area contributed by atoms with Gasteiger partial charge in [0.05, 0.1) is 19.1 Å². The van der Waals surface area contributed by atoms with Crippen LogP contribution in [0.25, 0.3) is 0 Å². The molecule has 0 spiro atoms. The molecule has 0 radical (unpaired) electrons. The Labute approximate surface area is 209 Å². The number of hydrogen-bond donors (Lipinski definition) is 2. The Morgan fingerprint density at radius 1 is 0.848 bits per heavy atom. The molecule has 2 amide bonds. The summed E-state index contributed by atoms with van der Waals surface area (Å²) in [6.07, 6.45) is 0.948. The highest BCUT2D eigenvalue weighted by atomic mass is 35.5. The first-order valence-electron chi connectivity index (χ1n) is 10.6. The van der Waals surface area contributed by atoms with Crippen LogP contribution in [0.4, 0.5) is 4.79 Å². The molecule has 1 atom stereocenters. The quantitative estimate of drug-likeness (QED) is 0.320. The van der Waals surface area contributed by atoms with Crippen molar-refractivity contribution < 1.29 is 14.7 Å². The van der Waals surface area contributed by atoms with Crippen molar-refractivity contribution in [1.82, 2.24) is 9.80 Å². The third kappa shape index (κ3) is 8.81. The maximum atomic E-state index is 13.1. The van der Waals surface area contributed by atoms with E-state index in [-0.39, 0.29) is 18.3 Å². The zero-order chi connectivity index (χ0) is 22.8.